The van der Waals surface area contributed by atoms with Crippen LogP contribution in [0.4, 0.5) is 0 Å². The molecule has 6 atom stereocenters. The van der Waals surface area contributed by atoms with E-state index in [4.69, 9.17) is 0 Å². The van der Waals surface area contributed by atoms with Gasteiger partial charge in [-0.1, -0.05) is 78.2 Å². The lowest BCUT2D eigenvalue weighted by atomic mass is 9.70. The van der Waals surface area contributed by atoms with Gasteiger partial charge in [-0.15, -0.1) is 24.9 Å². The standard InChI is InChI=1S/C33H46BrN3O4S/c1-4-7-12-19-35(17-5-2)32(41)29-33-22-25(34)28(42-33)26(27(33)31(40)37(29)20-13-9-14-21-38)30(39)36(18-6-3)23-24-15-10-8-11-16-24/h5-6,8,10-11,15-16,25-29,38H,2-4,7,9,12-14,17-23H2,1H3/t25?,26-,27-,28-,29?,33?/m0/s1. The zero-order valence-electron chi connectivity index (χ0n) is 24.8. The van der Waals surface area contributed by atoms with Crippen molar-refractivity contribution in [3.05, 3.63) is 61.2 Å². The number of amides is 3. The van der Waals surface area contributed by atoms with Gasteiger partial charge in [-0.3, -0.25) is 14.4 Å². The van der Waals surface area contributed by atoms with E-state index in [1.807, 2.05) is 40.1 Å². The Morgan fingerprint density at radius 2 is 1.79 bits per heavy atom. The van der Waals surface area contributed by atoms with Crippen LogP contribution in [0.25, 0.3) is 0 Å². The fourth-order valence-electron chi connectivity index (χ4n) is 7.08. The van der Waals surface area contributed by atoms with Crippen LogP contribution in [-0.4, -0.2) is 91.2 Å². The molecule has 0 aromatic heterocycles. The summed E-state index contributed by atoms with van der Waals surface area (Å²) in [6.45, 7) is 12.4. The molecule has 0 saturated carbocycles. The molecule has 42 heavy (non-hydrogen) atoms. The minimum atomic E-state index is -0.666. The van der Waals surface area contributed by atoms with Gasteiger partial charge < -0.3 is 19.8 Å². The van der Waals surface area contributed by atoms with E-state index in [2.05, 4.69) is 36.0 Å². The van der Waals surface area contributed by atoms with E-state index in [0.29, 0.717) is 52.0 Å². The van der Waals surface area contributed by atoms with Crippen molar-refractivity contribution in [3.63, 3.8) is 0 Å². The zero-order valence-corrected chi connectivity index (χ0v) is 27.2. The van der Waals surface area contributed by atoms with Crippen molar-refractivity contribution in [2.24, 2.45) is 11.8 Å². The summed E-state index contributed by atoms with van der Waals surface area (Å²) in [5.74, 6) is -1.22. The number of carbonyl (C=O) groups is 3. The first kappa shape index (κ1) is 32.8. The lowest BCUT2D eigenvalue weighted by Crippen LogP contribution is -2.56. The third-order valence-corrected chi connectivity index (χ3v) is 12.2. The first-order chi connectivity index (χ1) is 20.3. The highest BCUT2D eigenvalue weighted by Crippen LogP contribution is 2.68. The molecule has 3 unspecified atom stereocenters. The Balaban J connectivity index is 1.69. The van der Waals surface area contributed by atoms with Gasteiger partial charge in [0.05, 0.1) is 16.6 Å². The lowest BCUT2D eigenvalue weighted by Gasteiger charge is -2.38. The molecule has 4 rings (SSSR count). The van der Waals surface area contributed by atoms with Crippen LogP contribution in [0.15, 0.2) is 55.6 Å². The zero-order chi connectivity index (χ0) is 30.3. The Labute approximate surface area is 263 Å². The maximum Gasteiger partial charge on any atom is 0.247 e. The van der Waals surface area contributed by atoms with Crippen LogP contribution >= 0.6 is 27.7 Å². The largest absolute Gasteiger partial charge is 0.396 e. The summed E-state index contributed by atoms with van der Waals surface area (Å²) in [5.41, 5.74) is 1.03. The molecule has 3 aliphatic heterocycles. The molecule has 1 spiro atoms. The summed E-state index contributed by atoms with van der Waals surface area (Å²) in [6.07, 6.45) is 9.29. The fourth-order valence-corrected chi connectivity index (χ4v) is 10.7. The highest BCUT2D eigenvalue weighted by molar-refractivity contribution is 9.09. The average molecular weight is 661 g/mol. The Bertz CT molecular complexity index is 1120. The number of unbranched alkanes of at least 4 members (excludes halogenated alkanes) is 4. The molecule has 230 valence electrons. The molecule has 1 aromatic rings. The molecule has 3 saturated heterocycles. The van der Waals surface area contributed by atoms with Crippen LogP contribution < -0.4 is 0 Å². The van der Waals surface area contributed by atoms with E-state index in [1.165, 1.54) is 0 Å². The third kappa shape index (κ3) is 6.53. The summed E-state index contributed by atoms with van der Waals surface area (Å²) < 4.78 is -0.666. The minimum absolute atomic E-state index is 0.0281. The summed E-state index contributed by atoms with van der Waals surface area (Å²) in [5, 5.41) is 9.23. The molecule has 2 bridgehead atoms. The van der Waals surface area contributed by atoms with E-state index in [0.717, 1.165) is 31.2 Å². The minimum Gasteiger partial charge on any atom is -0.396 e. The molecule has 7 nitrogen and oxygen atoms in total. The van der Waals surface area contributed by atoms with Gasteiger partial charge in [-0.25, -0.2) is 0 Å². The van der Waals surface area contributed by atoms with E-state index in [9.17, 15) is 19.5 Å². The first-order valence-electron chi connectivity index (χ1n) is 15.4. The van der Waals surface area contributed by atoms with Crippen LogP contribution in [0.1, 0.15) is 57.4 Å². The second kappa shape index (κ2) is 15.1. The highest BCUT2D eigenvalue weighted by atomic mass is 79.9. The van der Waals surface area contributed by atoms with Crippen molar-refractivity contribution in [1.82, 2.24) is 14.7 Å². The highest BCUT2D eigenvalue weighted by Gasteiger charge is 2.75. The number of thioether (sulfide) groups is 1. The van der Waals surface area contributed by atoms with Gasteiger partial charge in [0.1, 0.15) is 6.04 Å². The maximum atomic E-state index is 14.5. The number of hydrogen-bond acceptors (Lipinski definition) is 5. The van der Waals surface area contributed by atoms with Gasteiger partial charge in [0.25, 0.3) is 0 Å². The predicted octanol–water partition coefficient (Wildman–Crippen LogP) is 5.03. The quantitative estimate of drug-likeness (QED) is 0.144. The van der Waals surface area contributed by atoms with Gasteiger partial charge in [-0.05, 0) is 37.7 Å². The van der Waals surface area contributed by atoms with Crippen LogP contribution in [0.2, 0.25) is 0 Å². The van der Waals surface area contributed by atoms with Crippen molar-refractivity contribution >= 4 is 45.4 Å². The number of fused-ring (bicyclic) bond motifs is 1. The SMILES string of the molecule is C=CCN(CCCCC)C(=O)C1N(CCCCCO)C(=O)[C@@H]2[C@H](C(=O)N(CC=C)Cc3ccccc3)[C@H]3SC12CC3Br. The topological polar surface area (TPSA) is 81.2 Å². The molecule has 0 aliphatic carbocycles. The number of benzene rings is 1. The van der Waals surface area contributed by atoms with E-state index < -0.39 is 22.6 Å². The normalized spacial score (nSPS) is 27.6. The molecule has 3 heterocycles. The molecule has 9 heteroatoms. The molecule has 3 amide bonds. The van der Waals surface area contributed by atoms with Crippen molar-refractivity contribution in [3.8, 4) is 0 Å². The van der Waals surface area contributed by atoms with Crippen molar-refractivity contribution < 1.29 is 19.5 Å². The number of rotatable bonds is 17. The van der Waals surface area contributed by atoms with Gasteiger partial charge in [-0.2, -0.15) is 0 Å². The Morgan fingerprint density at radius 1 is 1.07 bits per heavy atom. The molecule has 3 aliphatic rings. The Morgan fingerprint density at radius 3 is 2.45 bits per heavy atom. The van der Waals surface area contributed by atoms with E-state index in [1.54, 1.807) is 28.8 Å². The molecule has 1 N–H and O–H groups in total. The molecular weight excluding hydrogens is 614 g/mol. The summed E-state index contributed by atoms with van der Waals surface area (Å²) in [6, 6.07) is 9.26. The Kier molecular flexibility index (Phi) is 11.8. The fraction of sp³-hybridized carbons (Fsp3) is 0.606. The monoisotopic (exact) mass is 659 g/mol. The van der Waals surface area contributed by atoms with Gasteiger partial charge in [0, 0.05) is 49.4 Å². The second-order valence-electron chi connectivity index (χ2n) is 11.8. The first-order valence-corrected chi connectivity index (χ1v) is 17.2. The van der Waals surface area contributed by atoms with Gasteiger partial charge in [0.15, 0.2) is 0 Å². The lowest BCUT2D eigenvalue weighted by molar-refractivity contribution is -0.145. The summed E-state index contributed by atoms with van der Waals surface area (Å²) in [7, 11) is 0. The molecule has 0 radical (unpaired) electrons. The van der Waals surface area contributed by atoms with E-state index in [-0.39, 0.29) is 34.4 Å². The molecule has 1 aromatic carbocycles. The predicted molar refractivity (Wildman–Crippen MR) is 173 cm³/mol. The number of carbonyl (C=O) groups excluding carboxylic acids is 3. The van der Waals surface area contributed by atoms with Gasteiger partial charge >= 0.3 is 0 Å². The van der Waals surface area contributed by atoms with Crippen molar-refractivity contribution in [1.29, 1.82) is 0 Å². The number of aliphatic hydroxyl groups excluding tert-OH is 1. The number of halogens is 1. The maximum absolute atomic E-state index is 14.5. The van der Waals surface area contributed by atoms with Crippen LogP contribution in [0.5, 0.6) is 0 Å². The van der Waals surface area contributed by atoms with Crippen LogP contribution in [0, 0.1) is 11.8 Å². The smallest absolute Gasteiger partial charge is 0.247 e. The number of hydrogen-bond donors (Lipinski definition) is 1. The molecule has 3 fully saturated rings. The Hall–Kier alpha value is -2.10. The van der Waals surface area contributed by atoms with Crippen LogP contribution in [-0.2, 0) is 20.9 Å². The average Bonchev–Trinajstić information content (AvgIpc) is 3.58. The van der Waals surface area contributed by atoms with Gasteiger partial charge in [0.2, 0.25) is 17.7 Å². The van der Waals surface area contributed by atoms with Crippen molar-refractivity contribution in [2.75, 3.05) is 32.8 Å². The molecular formula is C33H46BrN3O4S. The number of likely N-dealkylation sites (tertiary alicyclic amines) is 1. The number of nitrogens with zero attached hydrogens (tertiary/aromatic N) is 3. The third-order valence-electron chi connectivity index (χ3n) is 8.94. The summed E-state index contributed by atoms with van der Waals surface area (Å²) >= 11 is 5.58. The second-order valence-corrected chi connectivity index (χ2v) is 14.5. The summed E-state index contributed by atoms with van der Waals surface area (Å²) in [4.78, 5) is 48.8. The van der Waals surface area contributed by atoms with E-state index >= 15 is 0 Å². The van der Waals surface area contributed by atoms with Crippen molar-refractivity contribution in [2.45, 2.75) is 79.3 Å². The van der Waals surface area contributed by atoms with Crippen LogP contribution in [0.3, 0.4) is 0 Å². The number of alkyl halides is 1. The number of aliphatic hydroxyl groups is 1.